The first-order valence-electron chi connectivity index (χ1n) is 6.76. The Labute approximate surface area is 121 Å². The molecule has 0 aliphatic rings. The van der Waals surface area contributed by atoms with Gasteiger partial charge in [-0.1, -0.05) is 19.1 Å². The van der Waals surface area contributed by atoms with Crippen molar-refractivity contribution in [1.82, 2.24) is 0 Å². The highest BCUT2D eigenvalue weighted by Crippen LogP contribution is 2.13. The minimum absolute atomic E-state index is 0.259. The maximum atomic E-state index is 11.7. The summed E-state index contributed by atoms with van der Waals surface area (Å²) < 4.78 is 5.51. The topological polar surface area (TPSA) is 44.8 Å². The van der Waals surface area contributed by atoms with E-state index in [1.54, 1.807) is 19.1 Å². The van der Waals surface area contributed by atoms with Gasteiger partial charge in [-0.3, -0.25) is 4.89 Å². The molecular formula is C16H23O4. The van der Waals surface area contributed by atoms with Gasteiger partial charge in [0.2, 0.25) is 0 Å². The monoisotopic (exact) mass is 279 g/mol. The smallest absolute Gasteiger partial charge is 0.373 e. The molecule has 1 rings (SSSR count). The second-order valence-electron chi connectivity index (χ2n) is 5.61. The quantitative estimate of drug-likeness (QED) is 0.588. The lowest BCUT2D eigenvalue weighted by Gasteiger charge is -2.21. The van der Waals surface area contributed by atoms with Gasteiger partial charge < -0.3 is 4.74 Å². The largest absolute Gasteiger partial charge is 0.373 e. The highest BCUT2D eigenvalue weighted by atomic mass is 17.2. The Kier molecular flexibility index (Phi) is 6.17. The van der Waals surface area contributed by atoms with E-state index in [1.807, 2.05) is 32.9 Å². The molecule has 1 aromatic rings. The van der Waals surface area contributed by atoms with Crippen LogP contribution in [0.15, 0.2) is 24.3 Å². The molecule has 0 aliphatic carbocycles. The number of rotatable bonds is 6. The molecule has 0 fully saturated rings. The molecule has 1 radical (unpaired) electrons. The van der Waals surface area contributed by atoms with Crippen LogP contribution < -0.4 is 0 Å². The summed E-state index contributed by atoms with van der Waals surface area (Å²) in [6.07, 6.45) is 1.43. The molecule has 0 aliphatic heterocycles. The van der Waals surface area contributed by atoms with Crippen molar-refractivity contribution >= 4 is 5.97 Å². The molecule has 0 unspecified atom stereocenters. The molecule has 20 heavy (non-hydrogen) atoms. The van der Waals surface area contributed by atoms with E-state index in [0.29, 0.717) is 11.7 Å². The van der Waals surface area contributed by atoms with Crippen LogP contribution in [0.3, 0.4) is 0 Å². The van der Waals surface area contributed by atoms with Crippen molar-refractivity contribution in [2.45, 2.75) is 46.6 Å². The normalized spacial score (nSPS) is 11.7. The van der Waals surface area contributed by atoms with Crippen LogP contribution in [-0.2, 0) is 20.9 Å². The van der Waals surface area contributed by atoms with E-state index >= 15 is 0 Å². The van der Waals surface area contributed by atoms with Crippen molar-refractivity contribution in [2.24, 2.45) is 0 Å². The van der Waals surface area contributed by atoms with E-state index in [9.17, 15) is 4.79 Å². The second kappa shape index (κ2) is 7.41. The third kappa shape index (κ3) is 6.17. The lowest BCUT2D eigenvalue weighted by Crippen LogP contribution is -2.23. The van der Waals surface area contributed by atoms with Gasteiger partial charge >= 0.3 is 5.97 Å². The number of carbonyl (C=O) groups excluding carboxylic acids is 1. The molecular weight excluding hydrogens is 256 g/mol. The molecule has 0 aromatic heterocycles. The van der Waals surface area contributed by atoms with Gasteiger partial charge in [0.25, 0.3) is 0 Å². The zero-order valence-corrected chi connectivity index (χ0v) is 12.9. The first kappa shape index (κ1) is 16.7. The first-order valence-corrected chi connectivity index (χ1v) is 6.76. The van der Waals surface area contributed by atoms with Gasteiger partial charge in [-0.25, -0.2) is 4.79 Å². The molecule has 0 amide bonds. The molecule has 0 heterocycles. The Hall–Kier alpha value is -1.39. The third-order valence-electron chi connectivity index (χ3n) is 2.57. The molecule has 4 nitrogen and oxygen atoms in total. The average molecular weight is 279 g/mol. The molecule has 4 heteroatoms. The molecule has 0 spiro atoms. The van der Waals surface area contributed by atoms with Gasteiger partial charge in [0.05, 0.1) is 17.8 Å². The third-order valence-corrected chi connectivity index (χ3v) is 2.57. The van der Waals surface area contributed by atoms with Crippen LogP contribution in [0.5, 0.6) is 0 Å². The number of hydrogen-bond acceptors (Lipinski definition) is 4. The standard InChI is InChI=1S/C16H23O4/c1-6-13-7-9-14(10-8-13)15(17)20-19-12(2)11-18-16(3,4)5/h7-10H,6,11H2,1-5H3. The van der Waals surface area contributed by atoms with E-state index in [4.69, 9.17) is 14.5 Å². The average Bonchev–Trinajstić information content (AvgIpc) is 2.41. The van der Waals surface area contributed by atoms with Crippen LogP contribution in [0.2, 0.25) is 0 Å². The lowest BCUT2D eigenvalue weighted by molar-refractivity contribution is -0.242. The van der Waals surface area contributed by atoms with Crippen LogP contribution in [0.25, 0.3) is 0 Å². The zero-order valence-electron chi connectivity index (χ0n) is 12.9. The maximum absolute atomic E-state index is 11.7. The van der Waals surface area contributed by atoms with Crippen LogP contribution >= 0.6 is 0 Å². The van der Waals surface area contributed by atoms with Gasteiger partial charge in [-0.2, -0.15) is 4.89 Å². The van der Waals surface area contributed by atoms with Crippen LogP contribution in [0.4, 0.5) is 0 Å². The van der Waals surface area contributed by atoms with Crippen molar-refractivity contribution in [3.8, 4) is 0 Å². The maximum Gasteiger partial charge on any atom is 0.373 e. The summed E-state index contributed by atoms with van der Waals surface area (Å²) in [7, 11) is 0. The summed E-state index contributed by atoms with van der Waals surface area (Å²) in [6, 6.07) is 7.25. The van der Waals surface area contributed by atoms with Crippen LogP contribution in [-0.4, -0.2) is 18.2 Å². The summed E-state index contributed by atoms with van der Waals surface area (Å²) in [5.74, 6) is -0.511. The number of aryl methyl sites for hydroxylation is 1. The number of ether oxygens (including phenoxy) is 1. The van der Waals surface area contributed by atoms with Gasteiger partial charge in [0.15, 0.2) is 6.10 Å². The van der Waals surface area contributed by atoms with E-state index in [2.05, 4.69) is 6.92 Å². The molecule has 0 saturated carbocycles. The minimum Gasteiger partial charge on any atom is -0.373 e. The van der Waals surface area contributed by atoms with E-state index in [0.717, 1.165) is 6.42 Å². The van der Waals surface area contributed by atoms with Gasteiger partial charge in [0, 0.05) is 0 Å². The Morgan fingerprint density at radius 3 is 2.20 bits per heavy atom. The van der Waals surface area contributed by atoms with Crippen molar-refractivity contribution in [2.75, 3.05) is 6.61 Å². The van der Waals surface area contributed by atoms with E-state index in [-0.39, 0.29) is 12.2 Å². The van der Waals surface area contributed by atoms with E-state index < -0.39 is 5.97 Å². The number of carbonyl (C=O) groups is 1. The summed E-state index contributed by atoms with van der Waals surface area (Å²) in [4.78, 5) is 21.5. The predicted octanol–water partition coefficient (Wildman–Crippen LogP) is 3.70. The Balaban J connectivity index is 2.38. The van der Waals surface area contributed by atoms with E-state index in [1.165, 1.54) is 5.56 Å². The van der Waals surface area contributed by atoms with Gasteiger partial charge in [-0.05, 0) is 51.8 Å². The van der Waals surface area contributed by atoms with Gasteiger partial charge in [-0.15, -0.1) is 0 Å². The number of benzene rings is 1. The Morgan fingerprint density at radius 1 is 1.10 bits per heavy atom. The first-order chi connectivity index (χ1) is 9.31. The molecule has 111 valence electrons. The van der Waals surface area contributed by atoms with Crippen molar-refractivity contribution < 1.29 is 19.3 Å². The SMILES string of the molecule is CCc1ccc(C(=O)OO[C](C)COC(C)(C)C)cc1. The Morgan fingerprint density at radius 2 is 1.70 bits per heavy atom. The Bertz CT molecular complexity index is 417. The molecule has 0 N–H and O–H groups in total. The minimum atomic E-state index is -0.511. The molecule has 0 bridgehead atoms. The number of hydrogen-bond donors (Lipinski definition) is 0. The fourth-order valence-corrected chi connectivity index (χ4v) is 1.38. The molecule has 0 atom stereocenters. The van der Waals surface area contributed by atoms with Gasteiger partial charge in [0.1, 0.15) is 0 Å². The highest BCUT2D eigenvalue weighted by molar-refractivity contribution is 5.88. The zero-order chi connectivity index (χ0) is 15.2. The fraction of sp³-hybridized carbons (Fsp3) is 0.500. The summed E-state index contributed by atoms with van der Waals surface area (Å²) >= 11 is 0. The second-order valence-corrected chi connectivity index (χ2v) is 5.61. The summed E-state index contributed by atoms with van der Waals surface area (Å²) in [5.41, 5.74) is 1.38. The highest BCUT2D eigenvalue weighted by Gasteiger charge is 2.16. The molecule has 0 saturated heterocycles. The molecule has 1 aromatic carbocycles. The fourth-order valence-electron chi connectivity index (χ4n) is 1.38. The van der Waals surface area contributed by atoms with Crippen molar-refractivity contribution in [1.29, 1.82) is 0 Å². The van der Waals surface area contributed by atoms with Crippen molar-refractivity contribution in [3.63, 3.8) is 0 Å². The van der Waals surface area contributed by atoms with Crippen molar-refractivity contribution in [3.05, 3.63) is 41.5 Å². The van der Waals surface area contributed by atoms with Crippen LogP contribution in [0, 0.1) is 6.10 Å². The summed E-state index contributed by atoms with van der Waals surface area (Å²) in [5, 5.41) is 0. The van der Waals surface area contributed by atoms with Crippen LogP contribution in [0.1, 0.15) is 50.5 Å². The predicted molar refractivity (Wildman–Crippen MR) is 76.9 cm³/mol. The summed E-state index contributed by atoms with van der Waals surface area (Å²) in [6.45, 7) is 9.89. The lowest BCUT2D eigenvalue weighted by atomic mass is 10.1.